The molecule has 0 atom stereocenters. The fourth-order valence-corrected chi connectivity index (χ4v) is 1.80. The Labute approximate surface area is 90.7 Å². The average molecular weight is 224 g/mol. The standard InChI is InChI=1S/C10H6ClNOS/c11-8-3-1-7(2-4-8)5-9-10(13)12-6-14-9/h1-6H. The number of benzene rings is 1. The molecule has 2 rings (SSSR count). The Hall–Kier alpha value is -1.06. The molecule has 0 bridgehead atoms. The van der Waals surface area contributed by atoms with E-state index in [0.29, 0.717) is 9.93 Å². The van der Waals surface area contributed by atoms with Gasteiger partial charge >= 0.3 is 0 Å². The number of thioether (sulfide) groups is 1. The highest BCUT2D eigenvalue weighted by atomic mass is 35.5. The number of aliphatic imine (C=N–C) groups is 1. The summed E-state index contributed by atoms with van der Waals surface area (Å²) in [6.07, 6.45) is 1.80. The fraction of sp³-hybridized carbons (Fsp3) is 0. The van der Waals surface area contributed by atoms with Gasteiger partial charge in [-0.2, -0.15) is 0 Å². The van der Waals surface area contributed by atoms with Crippen LogP contribution in [-0.4, -0.2) is 11.5 Å². The number of carbonyl (C=O) groups is 1. The van der Waals surface area contributed by atoms with Crippen molar-refractivity contribution in [1.29, 1.82) is 0 Å². The van der Waals surface area contributed by atoms with Gasteiger partial charge in [0.15, 0.2) is 0 Å². The molecule has 0 aromatic heterocycles. The molecule has 2 nitrogen and oxygen atoms in total. The van der Waals surface area contributed by atoms with E-state index in [1.54, 1.807) is 23.8 Å². The maximum Gasteiger partial charge on any atom is 0.284 e. The quantitative estimate of drug-likeness (QED) is 0.685. The molecule has 0 spiro atoms. The van der Waals surface area contributed by atoms with Gasteiger partial charge in [-0.3, -0.25) is 4.79 Å². The summed E-state index contributed by atoms with van der Waals surface area (Å²) in [5.74, 6) is -0.176. The molecule has 1 heterocycles. The largest absolute Gasteiger partial charge is 0.284 e. The topological polar surface area (TPSA) is 29.4 Å². The Balaban J connectivity index is 2.26. The number of hydrogen-bond acceptors (Lipinski definition) is 2. The fourth-order valence-electron chi connectivity index (χ4n) is 1.05. The summed E-state index contributed by atoms with van der Waals surface area (Å²) in [6.45, 7) is 0. The third-order valence-corrected chi connectivity index (χ3v) is 2.74. The lowest BCUT2D eigenvalue weighted by atomic mass is 10.2. The van der Waals surface area contributed by atoms with Crippen molar-refractivity contribution in [2.45, 2.75) is 0 Å². The van der Waals surface area contributed by atoms with Gasteiger partial charge in [-0.1, -0.05) is 35.5 Å². The normalized spacial score (nSPS) is 18.1. The summed E-state index contributed by atoms with van der Waals surface area (Å²) in [6, 6.07) is 7.31. The molecule has 0 unspecified atom stereocenters. The predicted octanol–water partition coefficient (Wildman–Crippen LogP) is 2.98. The highest BCUT2D eigenvalue weighted by molar-refractivity contribution is 8.16. The van der Waals surface area contributed by atoms with Gasteiger partial charge in [0.1, 0.15) is 0 Å². The van der Waals surface area contributed by atoms with Gasteiger partial charge in [0.2, 0.25) is 0 Å². The summed E-state index contributed by atoms with van der Waals surface area (Å²) in [4.78, 5) is 15.4. The van der Waals surface area contributed by atoms with Crippen LogP contribution in [0.25, 0.3) is 6.08 Å². The second-order valence-electron chi connectivity index (χ2n) is 2.72. The van der Waals surface area contributed by atoms with Crippen LogP contribution >= 0.6 is 23.4 Å². The van der Waals surface area contributed by atoms with Crippen LogP contribution in [0.4, 0.5) is 0 Å². The summed E-state index contributed by atoms with van der Waals surface area (Å²) in [5.41, 5.74) is 2.50. The van der Waals surface area contributed by atoms with Crippen molar-refractivity contribution in [1.82, 2.24) is 0 Å². The van der Waals surface area contributed by atoms with E-state index >= 15 is 0 Å². The van der Waals surface area contributed by atoms with Crippen LogP contribution in [-0.2, 0) is 4.79 Å². The maximum absolute atomic E-state index is 11.1. The molecule has 0 saturated carbocycles. The zero-order valence-corrected chi connectivity index (χ0v) is 8.68. The summed E-state index contributed by atoms with van der Waals surface area (Å²) < 4.78 is 0. The van der Waals surface area contributed by atoms with Crippen molar-refractivity contribution in [3.63, 3.8) is 0 Å². The maximum atomic E-state index is 11.1. The van der Waals surface area contributed by atoms with Crippen molar-refractivity contribution in [3.8, 4) is 0 Å². The van der Waals surface area contributed by atoms with Crippen molar-refractivity contribution in [3.05, 3.63) is 39.8 Å². The highest BCUT2D eigenvalue weighted by Gasteiger charge is 2.12. The molecular weight excluding hydrogens is 218 g/mol. The van der Waals surface area contributed by atoms with Crippen LogP contribution in [0.15, 0.2) is 34.2 Å². The lowest BCUT2D eigenvalue weighted by molar-refractivity contribution is -0.113. The summed E-state index contributed by atoms with van der Waals surface area (Å²) in [7, 11) is 0. The van der Waals surface area contributed by atoms with Crippen LogP contribution in [0.5, 0.6) is 0 Å². The van der Waals surface area contributed by atoms with Gasteiger partial charge in [0.05, 0.1) is 10.5 Å². The second kappa shape index (κ2) is 3.98. The minimum atomic E-state index is -0.176. The van der Waals surface area contributed by atoms with Crippen molar-refractivity contribution < 1.29 is 4.79 Å². The van der Waals surface area contributed by atoms with Gasteiger partial charge in [0, 0.05) is 5.02 Å². The molecule has 4 heteroatoms. The molecular formula is C10H6ClNOS. The van der Waals surface area contributed by atoms with Crippen molar-refractivity contribution in [2.24, 2.45) is 4.99 Å². The first kappa shape index (κ1) is 9.49. The van der Waals surface area contributed by atoms with Crippen LogP contribution < -0.4 is 0 Å². The van der Waals surface area contributed by atoms with E-state index in [9.17, 15) is 4.79 Å². The van der Waals surface area contributed by atoms with Crippen LogP contribution in [0.3, 0.4) is 0 Å². The van der Waals surface area contributed by atoms with Gasteiger partial charge in [-0.25, -0.2) is 4.99 Å². The number of rotatable bonds is 1. The Morgan fingerprint density at radius 3 is 2.57 bits per heavy atom. The minimum Gasteiger partial charge on any atom is -0.266 e. The molecule has 0 radical (unpaired) electrons. The first-order valence-corrected chi connectivity index (χ1v) is 5.22. The molecule has 1 aromatic rings. The molecule has 0 fully saturated rings. The number of nitrogens with zero attached hydrogens (tertiary/aromatic N) is 1. The van der Waals surface area contributed by atoms with Crippen molar-refractivity contribution in [2.75, 3.05) is 0 Å². The van der Waals surface area contributed by atoms with Crippen LogP contribution in [0.1, 0.15) is 5.56 Å². The first-order valence-electron chi connectivity index (χ1n) is 3.96. The average Bonchev–Trinajstić information content (AvgIpc) is 2.56. The third kappa shape index (κ3) is 2.05. The van der Waals surface area contributed by atoms with Crippen LogP contribution in [0.2, 0.25) is 5.02 Å². The number of halogens is 1. The Morgan fingerprint density at radius 1 is 1.29 bits per heavy atom. The molecule has 14 heavy (non-hydrogen) atoms. The first-order chi connectivity index (χ1) is 6.75. The lowest BCUT2D eigenvalue weighted by Crippen LogP contribution is -1.87. The molecule has 1 amide bonds. The van der Waals surface area contributed by atoms with Gasteiger partial charge in [-0.15, -0.1) is 0 Å². The molecule has 70 valence electrons. The molecule has 1 aliphatic heterocycles. The SMILES string of the molecule is O=C1N=CSC1=Cc1ccc(Cl)cc1. The van der Waals surface area contributed by atoms with E-state index in [1.807, 2.05) is 12.1 Å². The number of amides is 1. The molecule has 0 aliphatic carbocycles. The zero-order valence-electron chi connectivity index (χ0n) is 7.11. The summed E-state index contributed by atoms with van der Waals surface area (Å²) >= 11 is 7.08. The Kier molecular flexibility index (Phi) is 2.70. The minimum absolute atomic E-state index is 0.176. The van der Waals surface area contributed by atoms with Crippen LogP contribution in [0, 0.1) is 0 Å². The molecule has 1 aromatic carbocycles. The monoisotopic (exact) mass is 223 g/mol. The predicted molar refractivity (Wildman–Crippen MR) is 60.5 cm³/mol. The second-order valence-corrected chi connectivity index (χ2v) is 4.04. The van der Waals surface area contributed by atoms with E-state index in [2.05, 4.69) is 4.99 Å². The molecule has 0 N–H and O–H groups in total. The van der Waals surface area contributed by atoms with Gasteiger partial charge in [0.25, 0.3) is 5.91 Å². The van der Waals surface area contributed by atoms with E-state index in [1.165, 1.54) is 11.8 Å². The summed E-state index contributed by atoms with van der Waals surface area (Å²) in [5, 5.41) is 0.689. The van der Waals surface area contributed by atoms with Gasteiger partial charge in [-0.05, 0) is 23.8 Å². The Morgan fingerprint density at radius 2 is 2.00 bits per heavy atom. The third-order valence-electron chi connectivity index (χ3n) is 1.73. The highest BCUT2D eigenvalue weighted by Crippen LogP contribution is 2.24. The smallest absolute Gasteiger partial charge is 0.266 e. The zero-order chi connectivity index (χ0) is 9.97. The molecule has 1 aliphatic rings. The van der Waals surface area contributed by atoms with Gasteiger partial charge < -0.3 is 0 Å². The van der Waals surface area contributed by atoms with E-state index in [-0.39, 0.29) is 5.91 Å². The molecule has 0 saturated heterocycles. The Bertz CT molecular complexity index is 422. The van der Waals surface area contributed by atoms with E-state index in [0.717, 1.165) is 5.56 Å². The number of hydrogen-bond donors (Lipinski definition) is 0. The number of carbonyl (C=O) groups excluding carboxylic acids is 1. The lowest BCUT2D eigenvalue weighted by Gasteiger charge is -1.95. The van der Waals surface area contributed by atoms with E-state index in [4.69, 9.17) is 11.6 Å². The van der Waals surface area contributed by atoms with Crippen molar-refractivity contribution >= 4 is 40.9 Å². The van der Waals surface area contributed by atoms with E-state index < -0.39 is 0 Å².